The van der Waals surface area contributed by atoms with Gasteiger partial charge in [-0.15, -0.1) is 0 Å². The topological polar surface area (TPSA) is 79.5 Å². The summed E-state index contributed by atoms with van der Waals surface area (Å²) in [7, 11) is 0. The van der Waals surface area contributed by atoms with Gasteiger partial charge in [-0.2, -0.15) is 4.98 Å². The van der Waals surface area contributed by atoms with Crippen LogP contribution in [-0.2, 0) is 17.8 Å². The van der Waals surface area contributed by atoms with E-state index in [2.05, 4.69) is 24.0 Å². The summed E-state index contributed by atoms with van der Waals surface area (Å²) in [6.45, 7) is 4.89. The number of urea groups is 1. The van der Waals surface area contributed by atoms with Crippen LogP contribution in [0.1, 0.15) is 38.4 Å². The zero-order valence-electron chi connectivity index (χ0n) is 11.7. The third kappa shape index (κ3) is 2.17. The van der Waals surface area contributed by atoms with Gasteiger partial charge in [-0.1, -0.05) is 19.0 Å². The fraction of sp³-hybridized carbons (Fsp3) is 0.692. The van der Waals surface area contributed by atoms with Gasteiger partial charge in [0.25, 0.3) is 5.91 Å². The number of hydrogen-bond acceptors (Lipinski definition) is 5. The monoisotopic (exact) mass is 278 g/mol. The van der Waals surface area contributed by atoms with Crippen LogP contribution in [-0.4, -0.2) is 44.5 Å². The Labute approximate surface area is 116 Å². The molecule has 0 saturated carbocycles. The van der Waals surface area contributed by atoms with Crippen molar-refractivity contribution in [1.29, 1.82) is 0 Å². The lowest BCUT2D eigenvalue weighted by Gasteiger charge is -2.13. The smallest absolute Gasteiger partial charge is 0.327 e. The van der Waals surface area contributed by atoms with Crippen molar-refractivity contribution in [2.24, 2.45) is 5.92 Å². The summed E-state index contributed by atoms with van der Waals surface area (Å²) in [4.78, 5) is 31.4. The van der Waals surface area contributed by atoms with E-state index >= 15 is 0 Å². The van der Waals surface area contributed by atoms with Gasteiger partial charge >= 0.3 is 6.03 Å². The zero-order chi connectivity index (χ0) is 14.3. The molecule has 2 aliphatic rings. The molecule has 1 aromatic heterocycles. The first-order valence-electron chi connectivity index (χ1n) is 6.99. The van der Waals surface area contributed by atoms with E-state index < -0.39 is 0 Å². The molecular formula is C13H18N4O3. The Morgan fingerprint density at radius 3 is 2.90 bits per heavy atom. The van der Waals surface area contributed by atoms with Gasteiger partial charge in [-0.3, -0.25) is 9.69 Å². The fourth-order valence-electron chi connectivity index (χ4n) is 2.76. The summed E-state index contributed by atoms with van der Waals surface area (Å²) in [5.41, 5.74) is 0. The van der Waals surface area contributed by atoms with Gasteiger partial charge in [0.05, 0.1) is 6.54 Å². The van der Waals surface area contributed by atoms with E-state index in [0.717, 1.165) is 12.8 Å². The lowest BCUT2D eigenvalue weighted by atomic mass is 10.1. The molecule has 3 heterocycles. The predicted octanol–water partition coefficient (Wildman–Crippen LogP) is 1.19. The Kier molecular flexibility index (Phi) is 3.19. The first-order chi connectivity index (χ1) is 9.56. The molecule has 2 aliphatic heterocycles. The van der Waals surface area contributed by atoms with Crippen molar-refractivity contribution in [2.45, 2.75) is 45.7 Å². The molecule has 0 N–H and O–H groups in total. The standard InChI is InChI=1S/C13H18N4O3/c1-8(2)6-11-14-10(15-20-11)7-17-12(18)9-4-3-5-16(9)13(17)19/h8-9H,3-7H2,1-2H3. The first kappa shape index (κ1) is 13.1. The zero-order valence-corrected chi connectivity index (χ0v) is 11.7. The number of rotatable bonds is 4. The van der Waals surface area contributed by atoms with Crippen LogP contribution in [0.15, 0.2) is 4.52 Å². The molecule has 1 atom stereocenters. The average molecular weight is 278 g/mol. The maximum absolute atomic E-state index is 12.2. The molecule has 2 saturated heterocycles. The molecule has 7 nitrogen and oxygen atoms in total. The molecule has 3 amide bonds. The van der Waals surface area contributed by atoms with Crippen LogP contribution in [0.5, 0.6) is 0 Å². The number of carbonyl (C=O) groups is 2. The van der Waals surface area contributed by atoms with Gasteiger partial charge in [0, 0.05) is 13.0 Å². The van der Waals surface area contributed by atoms with Gasteiger partial charge in [0.2, 0.25) is 5.89 Å². The van der Waals surface area contributed by atoms with E-state index in [4.69, 9.17) is 4.52 Å². The van der Waals surface area contributed by atoms with E-state index in [1.54, 1.807) is 4.90 Å². The van der Waals surface area contributed by atoms with E-state index in [9.17, 15) is 9.59 Å². The quantitative estimate of drug-likeness (QED) is 0.773. The van der Waals surface area contributed by atoms with Crippen LogP contribution in [0.2, 0.25) is 0 Å². The third-order valence-corrected chi connectivity index (χ3v) is 3.67. The molecule has 0 spiro atoms. The highest BCUT2D eigenvalue weighted by molar-refractivity contribution is 6.04. The average Bonchev–Trinajstić information content (AvgIpc) is 3.06. The second-order valence-corrected chi connectivity index (χ2v) is 5.76. The number of amides is 3. The highest BCUT2D eigenvalue weighted by atomic mass is 16.5. The van der Waals surface area contributed by atoms with Gasteiger partial charge in [0.1, 0.15) is 6.04 Å². The molecule has 1 aromatic rings. The van der Waals surface area contributed by atoms with Gasteiger partial charge in [0.15, 0.2) is 5.82 Å². The summed E-state index contributed by atoms with van der Waals surface area (Å²) < 4.78 is 5.13. The molecule has 0 radical (unpaired) electrons. The second-order valence-electron chi connectivity index (χ2n) is 5.76. The summed E-state index contributed by atoms with van der Waals surface area (Å²) in [6, 6.07) is -0.503. The van der Waals surface area contributed by atoms with Gasteiger partial charge in [-0.05, 0) is 18.8 Å². The summed E-state index contributed by atoms with van der Waals surface area (Å²) in [5.74, 6) is 1.23. The number of imide groups is 1. The Morgan fingerprint density at radius 2 is 2.20 bits per heavy atom. The highest BCUT2D eigenvalue weighted by Gasteiger charge is 2.47. The minimum Gasteiger partial charge on any atom is -0.339 e. The minimum absolute atomic E-state index is 0.103. The van der Waals surface area contributed by atoms with Crippen LogP contribution in [0.25, 0.3) is 0 Å². The minimum atomic E-state index is -0.274. The Morgan fingerprint density at radius 1 is 1.40 bits per heavy atom. The lowest BCUT2D eigenvalue weighted by molar-refractivity contribution is -0.128. The summed E-state index contributed by atoms with van der Waals surface area (Å²) in [6.07, 6.45) is 2.35. The van der Waals surface area contributed by atoms with E-state index in [-0.39, 0.29) is 24.5 Å². The third-order valence-electron chi connectivity index (χ3n) is 3.67. The highest BCUT2D eigenvalue weighted by Crippen LogP contribution is 2.28. The van der Waals surface area contributed by atoms with Crippen molar-refractivity contribution in [1.82, 2.24) is 19.9 Å². The SMILES string of the molecule is CC(C)Cc1nc(CN2C(=O)C3CCCN3C2=O)no1. The Hall–Kier alpha value is -1.92. The maximum atomic E-state index is 12.2. The largest absolute Gasteiger partial charge is 0.339 e. The fourth-order valence-corrected chi connectivity index (χ4v) is 2.76. The molecule has 20 heavy (non-hydrogen) atoms. The molecule has 2 fully saturated rings. The van der Waals surface area contributed by atoms with Crippen LogP contribution in [0, 0.1) is 5.92 Å². The second kappa shape index (κ2) is 4.88. The lowest BCUT2D eigenvalue weighted by Crippen LogP contribution is -2.33. The van der Waals surface area contributed by atoms with Crippen molar-refractivity contribution in [3.8, 4) is 0 Å². The molecule has 0 aromatic carbocycles. The normalized spacial score (nSPS) is 22.2. The molecule has 0 aliphatic carbocycles. The van der Waals surface area contributed by atoms with Crippen LogP contribution < -0.4 is 0 Å². The summed E-state index contributed by atoms with van der Waals surface area (Å²) >= 11 is 0. The summed E-state index contributed by atoms with van der Waals surface area (Å²) in [5, 5.41) is 3.84. The Bertz CT molecular complexity index is 517. The van der Waals surface area contributed by atoms with E-state index in [0.29, 0.717) is 30.6 Å². The molecular weight excluding hydrogens is 260 g/mol. The maximum Gasteiger partial charge on any atom is 0.327 e. The van der Waals surface area contributed by atoms with E-state index in [1.165, 1.54) is 4.90 Å². The molecule has 1 unspecified atom stereocenters. The van der Waals surface area contributed by atoms with Crippen LogP contribution in [0.3, 0.4) is 0 Å². The number of fused-ring (bicyclic) bond motifs is 1. The predicted molar refractivity (Wildman–Crippen MR) is 68.5 cm³/mol. The molecule has 3 rings (SSSR count). The first-order valence-corrected chi connectivity index (χ1v) is 6.99. The van der Waals surface area contributed by atoms with Gasteiger partial charge < -0.3 is 9.42 Å². The van der Waals surface area contributed by atoms with Crippen LogP contribution in [0.4, 0.5) is 4.79 Å². The van der Waals surface area contributed by atoms with Crippen LogP contribution >= 0.6 is 0 Å². The Balaban J connectivity index is 1.70. The van der Waals surface area contributed by atoms with Crippen molar-refractivity contribution in [3.63, 3.8) is 0 Å². The number of hydrogen-bond donors (Lipinski definition) is 0. The molecule has 108 valence electrons. The van der Waals surface area contributed by atoms with Crippen molar-refractivity contribution in [3.05, 3.63) is 11.7 Å². The number of aromatic nitrogens is 2. The van der Waals surface area contributed by atoms with Crippen molar-refractivity contribution >= 4 is 11.9 Å². The molecule has 7 heteroatoms. The van der Waals surface area contributed by atoms with E-state index in [1.807, 2.05) is 0 Å². The van der Waals surface area contributed by atoms with Crippen molar-refractivity contribution in [2.75, 3.05) is 6.54 Å². The molecule has 0 bridgehead atoms. The number of carbonyl (C=O) groups excluding carboxylic acids is 2. The van der Waals surface area contributed by atoms with Gasteiger partial charge in [-0.25, -0.2) is 4.79 Å². The van der Waals surface area contributed by atoms with Crippen molar-refractivity contribution < 1.29 is 14.1 Å². The number of nitrogens with zero attached hydrogens (tertiary/aromatic N) is 4.